The highest BCUT2D eigenvalue weighted by atomic mass is 16.5. The van der Waals surface area contributed by atoms with Gasteiger partial charge in [0, 0.05) is 50.9 Å². The van der Waals surface area contributed by atoms with Crippen LogP contribution >= 0.6 is 0 Å². The Morgan fingerprint density at radius 3 is 2.86 bits per heavy atom. The van der Waals surface area contributed by atoms with E-state index in [0.29, 0.717) is 5.92 Å². The summed E-state index contributed by atoms with van der Waals surface area (Å²) in [5.41, 5.74) is 3.38. The molecule has 2 aliphatic rings. The van der Waals surface area contributed by atoms with Gasteiger partial charge in [0.1, 0.15) is 0 Å². The predicted molar refractivity (Wildman–Crippen MR) is 106 cm³/mol. The van der Waals surface area contributed by atoms with Crippen molar-refractivity contribution in [3.63, 3.8) is 0 Å². The molecule has 2 saturated heterocycles. The molecule has 0 radical (unpaired) electrons. The van der Waals surface area contributed by atoms with Crippen molar-refractivity contribution in [3.8, 4) is 0 Å². The minimum Gasteiger partial charge on any atom is -0.378 e. The predicted octanol–water partition coefficient (Wildman–Crippen LogP) is 1.68. The van der Waals surface area contributed by atoms with Gasteiger partial charge in [-0.25, -0.2) is 9.50 Å². The Morgan fingerprint density at radius 2 is 2.04 bits per heavy atom. The minimum atomic E-state index is 0.386. The Kier molecular flexibility index (Phi) is 4.74. The van der Waals surface area contributed by atoms with E-state index in [9.17, 15) is 0 Å². The second-order valence-corrected chi connectivity index (χ2v) is 7.86. The first-order valence-corrected chi connectivity index (χ1v) is 10.1. The quantitative estimate of drug-likeness (QED) is 0.685. The number of ether oxygens (including phenoxy) is 1. The van der Waals surface area contributed by atoms with Crippen LogP contribution in [-0.2, 0) is 18.3 Å². The number of fused-ring (bicyclic) bond motifs is 1. The van der Waals surface area contributed by atoms with Gasteiger partial charge in [0.25, 0.3) is 0 Å². The minimum absolute atomic E-state index is 0.386. The van der Waals surface area contributed by atoms with Crippen molar-refractivity contribution in [2.45, 2.75) is 25.3 Å². The molecule has 28 heavy (non-hydrogen) atoms. The number of aryl methyl sites for hydroxylation is 1. The van der Waals surface area contributed by atoms with E-state index >= 15 is 0 Å². The summed E-state index contributed by atoms with van der Waals surface area (Å²) in [6.07, 6.45) is 8.49. The smallest absolute Gasteiger partial charge is 0.156 e. The molecule has 1 atom stereocenters. The van der Waals surface area contributed by atoms with Crippen molar-refractivity contribution in [3.05, 3.63) is 42.1 Å². The maximum Gasteiger partial charge on any atom is 0.156 e. The largest absolute Gasteiger partial charge is 0.378 e. The number of likely N-dealkylation sites (tertiary alicyclic amines) is 1. The van der Waals surface area contributed by atoms with Crippen LogP contribution in [-0.4, -0.2) is 68.7 Å². The first-order chi connectivity index (χ1) is 13.7. The lowest BCUT2D eigenvalue weighted by atomic mass is 9.97. The van der Waals surface area contributed by atoms with Crippen LogP contribution in [0.2, 0.25) is 0 Å². The molecule has 5 heterocycles. The van der Waals surface area contributed by atoms with Crippen molar-refractivity contribution in [2.24, 2.45) is 7.05 Å². The number of rotatable bonds is 4. The molecular formula is C20H27N7O. The monoisotopic (exact) mass is 381 g/mol. The molecule has 0 spiro atoms. The SMILES string of the molecule is Cn1cc(CN2CCC[C@H](c3nc4ccc(N5CCOCC5)cn4n3)C2)cn1. The van der Waals surface area contributed by atoms with E-state index in [1.165, 1.54) is 17.7 Å². The van der Waals surface area contributed by atoms with Crippen LogP contribution in [0, 0.1) is 0 Å². The zero-order valence-corrected chi connectivity index (χ0v) is 16.4. The van der Waals surface area contributed by atoms with Crippen molar-refractivity contribution in [1.29, 1.82) is 0 Å². The molecule has 148 valence electrons. The van der Waals surface area contributed by atoms with E-state index in [0.717, 1.165) is 63.8 Å². The van der Waals surface area contributed by atoms with Crippen molar-refractivity contribution >= 4 is 11.3 Å². The highest BCUT2D eigenvalue weighted by Gasteiger charge is 2.25. The lowest BCUT2D eigenvalue weighted by Gasteiger charge is -2.30. The summed E-state index contributed by atoms with van der Waals surface area (Å²) in [5.74, 6) is 1.35. The number of aromatic nitrogens is 5. The molecule has 8 heteroatoms. The van der Waals surface area contributed by atoms with E-state index in [-0.39, 0.29) is 0 Å². The molecule has 8 nitrogen and oxygen atoms in total. The van der Waals surface area contributed by atoms with Crippen LogP contribution in [0.1, 0.15) is 30.1 Å². The Labute approximate surface area is 164 Å². The van der Waals surface area contributed by atoms with Gasteiger partial charge in [-0.15, -0.1) is 0 Å². The Hall–Kier alpha value is -2.45. The standard InChI is InChI=1S/C20H27N7O/c1-24-12-16(11-21-24)13-25-6-2-3-17(14-25)20-22-19-5-4-18(15-27(19)23-20)26-7-9-28-10-8-26/h4-5,11-12,15,17H,2-3,6-10,13-14H2,1H3/t17-/m0/s1. The van der Waals surface area contributed by atoms with Gasteiger partial charge in [-0.3, -0.25) is 9.58 Å². The van der Waals surface area contributed by atoms with Crippen LogP contribution in [0.15, 0.2) is 30.7 Å². The average Bonchev–Trinajstić information content (AvgIpc) is 3.34. The molecule has 0 saturated carbocycles. The fourth-order valence-corrected chi connectivity index (χ4v) is 4.29. The van der Waals surface area contributed by atoms with Gasteiger partial charge in [0.2, 0.25) is 0 Å². The summed E-state index contributed by atoms with van der Waals surface area (Å²) in [7, 11) is 1.97. The highest BCUT2D eigenvalue weighted by molar-refractivity contribution is 5.51. The zero-order chi connectivity index (χ0) is 18.9. The summed E-state index contributed by atoms with van der Waals surface area (Å²) in [4.78, 5) is 9.68. The van der Waals surface area contributed by atoms with Crippen LogP contribution in [0.25, 0.3) is 5.65 Å². The van der Waals surface area contributed by atoms with Crippen LogP contribution in [0.3, 0.4) is 0 Å². The summed E-state index contributed by atoms with van der Waals surface area (Å²) in [5, 5.41) is 9.13. The highest BCUT2D eigenvalue weighted by Crippen LogP contribution is 2.26. The summed E-state index contributed by atoms with van der Waals surface area (Å²) in [6, 6.07) is 4.23. The lowest BCUT2D eigenvalue weighted by Crippen LogP contribution is -2.36. The Bertz CT molecular complexity index is 943. The van der Waals surface area contributed by atoms with Crippen LogP contribution in [0.5, 0.6) is 0 Å². The normalized spacial score (nSPS) is 21.5. The van der Waals surface area contributed by atoms with E-state index in [1.807, 2.05) is 22.4 Å². The van der Waals surface area contributed by atoms with E-state index in [2.05, 4.69) is 39.4 Å². The van der Waals surface area contributed by atoms with E-state index < -0.39 is 0 Å². The van der Waals surface area contributed by atoms with Gasteiger partial charge in [-0.05, 0) is 31.5 Å². The van der Waals surface area contributed by atoms with Crippen LogP contribution < -0.4 is 4.90 Å². The molecule has 0 amide bonds. The number of piperidine rings is 1. The molecular weight excluding hydrogens is 354 g/mol. The molecule has 0 N–H and O–H groups in total. The maximum atomic E-state index is 5.46. The summed E-state index contributed by atoms with van der Waals surface area (Å²) in [6.45, 7) is 6.50. The molecule has 2 fully saturated rings. The Morgan fingerprint density at radius 1 is 1.14 bits per heavy atom. The lowest BCUT2D eigenvalue weighted by molar-refractivity contribution is 0.122. The number of morpholine rings is 1. The molecule has 3 aromatic heterocycles. The third kappa shape index (κ3) is 3.62. The summed E-state index contributed by atoms with van der Waals surface area (Å²) < 4.78 is 9.27. The molecule has 0 aromatic carbocycles. The molecule has 2 aliphatic heterocycles. The first kappa shape index (κ1) is 17.6. The van der Waals surface area contributed by atoms with Crippen molar-refractivity contribution in [2.75, 3.05) is 44.3 Å². The molecule has 0 bridgehead atoms. The van der Waals surface area contributed by atoms with Gasteiger partial charge in [0.05, 0.1) is 31.3 Å². The fourth-order valence-electron chi connectivity index (χ4n) is 4.29. The van der Waals surface area contributed by atoms with E-state index in [4.69, 9.17) is 14.8 Å². The number of pyridine rings is 1. The molecule has 0 aliphatic carbocycles. The fraction of sp³-hybridized carbons (Fsp3) is 0.550. The summed E-state index contributed by atoms with van der Waals surface area (Å²) >= 11 is 0. The number of hydrogen-bond donors (Lipinski definition) is 0. The van der Waals surface area contributed by atoms with Crippen LogP contribution in [0.4, 0.5) is 5.69 Å². The second kappa shape index (κ2) is 7.52. The maximum absolute atomic E-state index is 5.46. The van der Waals surface area contributed by atoms with Gasteiger partial charge >= 0.3 is 0 Å². The van der Waals surface area contributed by atoms with Gasteiger partial charge in [-0.2, -0.15) is 10.2 Å². The average molecular weight is 381 g/mol. The number of hydrogen-bond acceptors (Lipinski definition) is 6. The second-order valence-electron chi connectivity index (χ2n) is 7.86. The Balaban J connectivity index is 1.32. The molecule has 0 unspecified atom stereocenters. The van der Waals surface area contributed by atoms with Crippen molar-refractivity contribution in [1.82, 2.24) is 29.3 Å². The first-order valence-electron chi connectivity index (χ1n) is 10.1. The van der Waals surface area contributed by atoms with Gasteiger partial charge < -0.3 is 9.64 Å². The molecule has 5 rings (SSSR count). The molecule has 3 aromatic rings. The third-order valence-corrected chi connectivity index (χ3v) is 5.74. The van der Waals surface area contributed by atoms with E-state index in [1.54, 1.807) is 0 Å². The topological polar surface area (TPSA) is 63.7 Å². The third-order valence-electron chi connectivity index (χ3n) is 5.74. The zero-order valence-electron chi connectivity index (χ0n) is 16.4. The van der Waals surface area contributed by atoms with Crippen molar-refractivity contribution < 1.29 is 4.74 Å². The number of anilines is 1. The number of nitrogens with zero attached hydrogens (tertiary/aromatic N) is 7. The van der Waals surface area contributed by atoms with Gasteiger partial charge in [-0.1, -0.05) is 0 Å². The van der Waals surface area contributed by atoms with Gasteiger partial charge in [0.15, 0.2) is 11.5 Å².